The maximum atomic E-state index is 6.07. The van der Waals surface area contributed by atoms with Crippen LogP contribution in [0.15, 0.2) is 36.4 Å². The van der Waals surface area contributed by atoms with Crippen molar-refractivity contribution < 1.29 is 14.2 Å². The molecule has 0 saturated carbocycles. The third-order valence-electron chi connectivity index (χ3n) is 3.83. The first kappa shape index (κ1) is 17.4. The zero-order chi connectivity index (χ0) is 16.8. The van der Waals surface area contributed by atoms with E-state index in [1.54, 1.807) is 21.3 Å². The number of methoxy groups -OCH3 is 3. The van der Waals surface area contributed by atoms with Gasteiger partial charge in [0.05, 0.1) is 21.3 Å². The summed E-state index contributed by atoms with van der Waals surface area (Å²) in [4.78, 5) is 0. The number of hydrogen-bond donors (Lipinski definition) is 1. The van der Waals surface area contributed by atoms with E-state index in [9.17, 15) is 0 Å². The van der Waals surface area contributed by atoms with Gasteiger partial charge in [-0.3, -0.25) is 0 Å². The maximum absolute atomic E-state index is 6.07. The Morgan fingerprint density at radius 1 is 1.00 bits per heavy atom. The second-order valence-electron chi connectivity index (χ2n) is 5.19. The Bertz CT molecular complexity index is 661. The summed E-state index contributed by atoms with van der Waals surface area (Å²) >= 11 is 6.07. The molecule has 1 atom stereocenters. The molecule has 124 valence electrons. The fraction of sp³-hybridized carbons (Fsp3) is 0.333. The highest BCUT2D eigenvalue weighted by Gasteiger charge is 2.21. The van der Waals surface area contributed by atoms with Crippen LogP contribution >= 0.6 is 11.6 Å². The summed E-state index contributed by atoms with van der Waals surface area (Å²) in [6, 6.07) is 11.6. The largest absolute Gasteiger partial charge is 0.493 e. The average Bonchev–Trinajstić information content (AvgIpc) is 2.58. The lowest BCUT2D eigenvalue weighted by Crippen LogP contribution is -2.16. The van der Waals surface area contributed by atoms with Crippen molar-refractivity contribution in [3.05, 3.63) is 52.5 Å². The molecule has 0 aliphatic carbocycles. The number of nitrogens with two attached hydrogens (primary N) is 1. The summed E-state index contributed by atoms with van der Waals surface area (Å²) in [7, 11) is 4.82. The summed E-state index contributed by atoms with van der Waals surface area (Å²) in [5.74, 6) is 1.95. The number of hydrogen-bond acceptors (Lipinski definition) is 4. The summed E-state index contributed by atoms with van der Waals surface area (Å²) < 4.78 is 16.3. The van der Waals surface area contributed by atoms with Gasteiger partial charge in [0.25, 0.3) is 0 Å². The van der Waals surface area contributed by atoms with Crippen LogP contribution in [0, 0.1) is 0 Å². The highest BCUT2D eigenvalue weighted by Crippen LogP contribution is 2.43. The van der Waals surface area contributed by atoms with Gasteiger partial charge in [0.2, 0.25) is 5.75 Å². The van der Waals surface area contributed by atoms with Gasteiger partial charge in [0.1, 0.15) is 0 Å². The van der Waals surface area contributed by atoms with Crippen LogP contribution in [-0.2, 0) is 6.42 Å². The molecule has 2 aromatic rings. The van der Waals surface area contributed by atoms with E-state index in [0.717, 1.165) is 22.6 Å². The molecule has 2 aromatic carbocycles. The number of benzene rings is 2. The quantitative estimate of drug-likeness (QED) is 0.839. The van der Waals surface area contributed by atoms with Crippen LogP contribution in [0.3, 0.4) is 0 Å². The second-order valence-corrected chi connectivity index (χ2v) is 5.63. The van der Waals surface area contributed by atoms with Gasteiger partial charge in [-0.05, 0) is 36.7 Å². The normalized spacial score (nSPS) is 11.9. The molecule has 1 unspecified atom stereocenters. The first-order chi connectivity index (χ1) is 11.1. The third-order valence-corrected chi connectivity index (χ3v) is 4.07. The van der Waals surface area contributed by atoms with Crippen LogP contribution in [0.25, 0.3) is 0 Å². The average molecular weight is 336 g/mol. The van der Waals surface area contributed by atoms with E-state index in [1.165, 1.54) is 0 Å². The molecular weight excluding hydrogens is 314 g/mol. The first-order valence-corrected chi connectivity index (χ1v) is 7.75. The minimum absolute atomic E-state index is 0.0863. The van der Waals surface area contributed by atoms with E-state index in [-0.39, 0.29) is 5.92 Å². The molecule has 0 fully saturated rings. The van der Waals surface area contributed by atoms with Gasteiger partial charge >= 0.3 is 0 Å². The van der Waals surface area contributed by atoms with Crippen LogP contribution in [0.1, 0.15) is 17.0 Å². The van der Waals surface area contributed by atoms with Crippen molar-refractivity contribution in [2.45, 2.75) is 12.3 Å². The summed E-state index contributed by atoms with van der Waals surface area (Å²) in [6.07, 6.45) is 0.767. The Morgan fingerprint density at radius 2 is 1.74 bits per heavy atom. The Labute approximate surface area is 142 Å². The van der Waals surface area contributed by atoms with E-state index in [4.69, 9.17) is 31.5 Å². The van der Waals surface area contributed by atoms with Gasteiger partial charge in [0.15, 0.2) is 11.5 Å². The molecule has 0 aliphatic rings. The zero-order valence-electron chi connectivity index (χ0n) is 13.6. The van der Waals surface area contributed by atoms with Crippen LogP contribution < -0.4 is 19.9 Å². The Kier molecular flexibility index (Phi) is 6.13. The lowest BCUT2D eigenvalue weighted by atomic mass is 9.91. The van der Waals surface area contributed by atoms with Crippen molar-refractivity contribution >= 4 is 11.6 Å². The molecule has 0 amide bonds. The molecule has 0 aromatic heterocycles. The molecule has 0 heterocycles. The second kappa shape index (κ2) is 8.09. The SMILES string of the molecule is COc1ccc(C(CN)Cc2cccc(Cl)c2)c(OC)c1OC. The fourth-order valence-electron chi connectivity index (χ4n) is 2.71. The molecule has 2 rings (SSSR count). The van der Waals surface area contributed by atoms with E-state index >= 15 is 0 Å². The molecule has 5 heteroatoms. The number of halogens is 1. The van der Waals surface area contributed by atoms with Gasteiger partial charge < -0.3 is 19.9 Å². The van der Waals surface area contributed by atoms with E-state index in [1.807, 2.05) is 36.4 Å². The lowest BCUT2D eigenvalue weighted by Gasteiger charge is -2.21. The van der Waals surface area contributed by atoms with Crippen LogP contribution in [0.5, 0.6) is 17.2 Å². The fourth-order valence-corrected chi connectivity index (χ4v) is 2.93. The number of ether oxygens (including phenoxy) is 3. The molecule has 23 heavy (non-hydrogen) atoms. The molecule has 0 bridgehead atoms. The third kappa shape index (κ3) is 3.89. The maximum Gasteiger partial charge on any atom is 0.203 e. The topological polar surface area (TPSA) is 53.7 Å². The smallest absolute Gasteiger partial charge is 0.203 e. The monoisotopic (exact) mass is 335 g/mol. The van der Waals surface area contributed by atoms with Crippen molar-refractivity contribution in [3.8, 4) is 17.2 Å². The highest BCUT2D eigenvalue weighted by molar-refractivity contribution is 6.30. The van der Waals surface area contributed by atoms with Crippen molar-refractivity contribution in [2.75, 3.05) is 27.9 Å². The molecule has 2 N–H and O–H groups in total. The van der Waals surface area contributed by atoms with Gasteiger partial charge in [0, 0.05) is 16.5 Å². The predicted octanol–water partition coefficient (Wildman–Crippen LogP) is 3.65. The first-order valence-electron chi connectivity index (χ1n) is 7.38. The Hall–Kier alpha value is -1.91. The van der Waals surface area contributed by atoms with E-state index in [0.29, 0.717) is 23.8 Å². The van der Waals surface area contributed by atoms with Crippen molar-refractivity contribution in [3.63, 3.8) is 0 Å². The summed E-state index contributed by atoms with van der Waals surface area (Å²) in [5.41, 5.74) is 8.14. The molecule has 0 aliphatic heterocycles. The van der Waals surface area contributed by atoms with Gasteiger partial charge in [-0.15, -0.1) is 0 Å². The highest BCUT2D eigenvalue weighted by atomic mass is 35.5. The minimum Gasteiger partial charge on any atom is -0.493 e. The lowest BCUT2D eigenvalue weighted by molar-refractivity contribution is 0.320. The van der Waals surface area contributed by atoms with Crippen molar-refractivity contribution in [2.24, 2.45) is 5.73 Å². The standard InChI is InChI=1S/C18H22ClNO3/c1-21-16-8-7-15(17(22-2)18(16)23-3)13(11-20)9-12-5-4-6-14(19)10-12/h4-8,10,13H,9,11,20H2,1-3H3. The van der Waals surface area contributed by atoms with Crippen LogP contribution in [0.4, 0.5) is 0 Å². The summed E-state index contributed by atoms with van der Waals surface area (Å²) in [6.45, 7) is 0.484. The van der Waals surface area contributed by atoms with Gasteiger partial charge in [-0.2, -0.15) is 0 Å². The molecular formula is C18H22ClNO3. The van der Waals surface area contributed by atoms with Crippen LogP contribution in [0.2, 0.25) is 5.02 Å². The van der Waals surface area contributed by atoms with Gasteiger partial charge in [-0.25, -0.2) is 0 Å². The van der Waals surface area contributed by atoms with Crippen molar-refractivity contribution in [1.82, 2.24) is 0 Å². The molecule has 0 saturated heterocycles. The predicted molar refractivity (Wildman–Crippen MR) is 93.0 cm³/mol. The molecule has 0 radical (unpaired) electrons. The van der Waals surface area contributed by atoms with Crippen LogP contribution in [-0.4, -0.2) is 27.9 Å². The number of rotatable bonds is 7. The van der Waals surface area contributed by atoms with Gasteiger partial charge in [-0.1, -0.05) is 29.8 Å². The Morgan fingerprint density at radius 3 is 2.30 bits per heavy atom. The van der Waals surface area contributed by atoms with E-state index < -0.39 is 0 Å². The molecule has 4 nitrogen and oxygen atoms in total. The van der Waals surface area contributed by atoms with Crippen molar-refractivity contribution in [1.29, 1.82) is 0 Å². The zero-order valence-corrected chi connectivity index (χ0v) is 14.4. The summed E-state index contributed by atoms with van der Waals surface area (Å²) in [5, 5.41) is 0.720. The molecule has 0 spiro atoms. The minimum atomic E-state index is 0.0863. The Balaban J connectivity index is 2.41. The van der Waals surface area contributed by atoms with E-state index in [2.05, 4.69) is 0 Å².